The maximum Gasteiger partial charge on any atom is 0.339 e. The lowest BCUT2D eigenvalue weighted by Crippen LogP contribution is -2.43. The van der Waals surface area contributed by atoms with E-state index in [4.69, 9.17) is 4.74 Å². The van der Waals surface area contributed by atoms with Gasteiger partial charge >= 0.3 is 5.97 Å². The first-order chi connectivity index (χ1) is 10.7. The number of ether oxygens (including phenoxy) is 1. The largest absolute Gasteiger partial charge is 0.450 e. The SMILES string of the molecule is CN1CCC(OC(=O)c2ccccc2)(c2ccccc2)CC1. The van der Waals surface area contributed by atoms with Crippen molar-refractivity contribution >= 4 is 5.97 Å². The summed E-state index contributed by atoms with van der Waals surface area (Å²) in [4.78, 5) is 14.8. The number of carbonyl (C=O) groups excluding carboxylic acids is 1. The van der Waals surface area contributed by atoms with Crippen LogP contribution in [0.4, 0.5) is 0 Å². The average Bonchev–Trinajstić information content (AvgIpc) is 2.59. The van der Waals surface area contributed by atoms with Crippen molar-refractivity contribution in [3.63, 3.8) is 0 Å². The fourth-order valence-corrected chi connectivity index (χ4v) is 2.98. The molecule has 0 amide bonds. The number of hydrogen-bond acceptors (Lipinski definition) is 3. The third-order valence-electron chi connectivity index (χ3n) is 4.39. The van der Waals surface area contributed by atoms with Gasteiger partial charge in [-0.15, -0.1) is 0 Å². The van der Waals surface area contributed by atoms with Crippen molar-refractivity contribution in [3.8, 4) is 0 Å². The van der Waals surface area contributed by atoms with E-state index in [2.05, 4.69) is 24.1 Å². The van der Waals surface area contributed by atoms with Crippen LogP contribution in [0.15, 0.2) is 60.7 Å². The Bertz CT molecular complexity index is 616. The second kappa shape index (κ2) is 6.32. The average molecular weight is 295 g/mol. The first-order valence-corrected chi connectivity index (χ1v) is 7.72. The highest BCUT2D eigenvalue weighted by atomic mass is 16.6. The first-order valence-electron chi connectivity index (χ1n) is 7.72. The Morgan fingerprint density at radius 1 is 0.955 bits per heavy atom. The minimum absolute atomic E-state index is 0.242. The summed E-state index contributed by atoms with van der Waals surface area (Å²) < 4.78 is 6.03. The van der Waals surface area contributed by atoms with E-state index in [9.17, 15) is 4.79 Å². The molecule has 0 radical (unpaired) electrons. The van der Waals surface area contributed by atoms with Gasteiger partial charge in [0.1, 0.15) is 5.60 Å². The number of likely N-dealkylation sites (tertiary alicyclic amines) is 1. The van der Waals surface area contributed by atoms with Gasteiger partial charge in [-0.25, -0.2) is 4.79 Å². The van der Waals surface area contributed by atoms with Crippen LogP contribution in [-0.4, -0.2) is 31.0 Å². The molecule has 0 N–H and O–H groups in total. The van der Waals surface area contributed by atoms with Crippen LogP contribution in [0.2, 0.25) is 0 Å². The van der Waals surface area contributed by atoms with Crippen LogP contribution in [0.3, 0.4) is 0 Å². The number of benzene rings is 2. The summed E-state index contributed by atoms with van der Waals surface area (Å²) in [7, 11) is 2.11. The molecule has 2 aromatic rings. The van der Waals surface area contributed by atoms with Gasteiger partial charge in [0.05, 0.1) is 5.56 Å². The van der Waals surface area contributed by atoms with Crippen molar-refractivity contribution in [1.82, 2.24) is 4.90 Å². The quantitative estimate of drug-likeness (QED) is 0.812. The van der Waals surface area contributed by atoms with Gasteiger partial charge in [-0.1, -0.05) is 48.5 Å². The van der Waals surface area contributed by atoms with Crippen molar-refractivity contribution in [2.24, 2.45) is 0 Å². The third-order valence-corrected chi connectivity index (χ3v) is 4.39. The number of nitrogens with zero attached hydrogens (tertiary/aromatic N) is 1. The minimum Gasteiger partial charge on any atom is -0.450 e. The van der Waals surface area contributed by atoms with Crippen molar-refractivity contribution in [3.05, 3.63) is 71.8 Å². The van der Waals surface area contributed by atoms with Crippen LogP contribution in [0, 0.1) is 0 Å². The van der Waals surface area contributed by atoms with Crippen LogP contribution in [0.5, 0.6) is 0 Å². The fourth-order valence-electron chi connectivity index (χ4n) is 2.98. The van der Waals surface area contributed by atoms with E-state index in [0.717, 1.165) is 31.5 Å². The number of esters is 1. The fraction of sp³-hybridized carbons (Fsp3) is 0.316. The van der Waals surface area contributed by atoms with Crippen LogP contribution < -0.4 is 0 Å². The molecule has 3 rings (SSSR count). The Hall–Kier alpha value is -2.13. The summed E-state index contributed by atoms with van der Waals surface area (Å²) >= 11 is 0. The molecule has 0 aromatic heterocycles. The molecule has 1 saturated heterocycles. The first kappa shape index (κ1) is 14.8. The Balaban J connectivity index is 1.88. The van der Waals surface area contributed by atoms with Gasteiger partial charge in [-0.2, -0.15) is 0 Å². The van der Waals surface area contributed by atoms with E-state index >= 15 is 0 Å². The van der Waals surface area contributed by atoms with Crippen molar-refractivity contribution in [2.45, 2.75) is 18.4 Å². The maximum atomic E-state index is 12.5. The molecule has 3 nitrogen and oxygen atoms in total. The zero-order valence-electron chi connectivity index (χ0n) is 12.9. The zero-order valence-corrected chi connectivity index (χ0v) is 12.9. The molecule has 0 bridgehead atoms. The van der Waals surface area contributed by atoms with Gasteiger partial charge in [0, 0.05) is 25.9 Å². The molecule has 114 valence electrons. The summed E-state index contributed by atoms with van der Waals surface area (Å²) in [5.41, 5.74) is 1.19. The Kier molecular flexibility index (Phi) is 4.25. The van der Waals surface area contributed by atoms with E-state index in [1.54, 1.807) is 12.1 Å². The van der Waals surface area contributed by atoms with Gasteiger partial charge in [-0.05, 0) is 24.7 Å². The van der Waals surface area contributed by atoms with Crippen molar-refractivity contribution in [2.75, 3.05) is 20.1 Å². The molecule has 1 aliphatic heterocycles. The monoisotopic (exact) mass is 295 g/mol. The maximum absolute atomic E-state index is 12.5. The summed E-state index contributed by atoms with van der Waals surface area (Å²) in [6, 6.07) is 19.3. The number of hydrogen-bond donors (Lipinski definition) is 0. The zero-order chi connectivity index (χ0) is 15.4. The standard InChI is InChI=1S/C19H21NO2/c1-20-14-12-19(13-15-20,17-10-6-3-7-11-17)22-18(21)16-8-4-2-5-9-16/h2-11H,12-15H2,1H3. The number of carbonyl (C=O) groups is 1. The van der Waals surface area contributed by atoms with E-state index in [1.165, 1.54) is 0 Å². The molecule has 1 aliphatic rings. The van der Waals surface area contributed by atoms with Crippen molar-refractivity contribution < 1.29 is 9.53 Å². The Labute approximate surface area is 131 Å². The molecular weight excluding hydrogens is 274 g/mol. The van der Waals surface area contributed by atoms with Crippen LogP contribution in [0.25, 0.3) is 0 Å². The molecule has 22 heavy (non-hydrogen) atoms. The Morgan fingerprint density at radius 3 is 2.09 bits per heavy atom. The number of piperidine rings is 1. The smallest absolute Gasteiger partial charge is 0.339 e. The molecule has 1 heterocycles. The van der Waals surface area contributed by atoms with Gasteiger partial charge < -0.3 is 9.64 Å². The van der Waals surface area contributed by atoms with Crippen LogP contribution in [0.1, 0.15) is 28.8 Å². The van der Waals surface area contributed by atoms with Gasteiger partial charge in [0.2, 0.25) is 0 Å². The predicted octanol–water partition coefficient (Wildman–Crippen LogP) is 3.46. The van der Waals surface area contributed by atoms with E-state index in [1.807, 2.05) is 36.4 Å². The highest BCUT2D eigenvalue weighted by Crippen LogP contribution is 2.37. The molecule has 0 saturated carbocycles. The highest BCUT2D eigenvalue weighted by Gasteiger charge is 2.39. The number of rotatable bonds is 3. The second-order valence-corrected chi connectivity index (χ2v) is 5.92. The summed E-state index contributed by atoms with van der Waals surface area (Å²) in [5, 5.41) is 0. The lowest BCUT2D eigenvalue weighted by atomic mass is 9.84. The normalized spacial score (nSPS) is 17.9. The molecule has 0 spiro atoms. The van der Waals surface area contributed by atoms with Gasteiger partial charge in [-0.3, -0.25) is 0 Å². The molecule has 3 heteroatoms. The summed E-state index contributed by atoms with van der Waals surface area (Å²) in [6.07, 6.45) is 1.65. The highest BCUT2D eigenvalue weighted by molar-refractivity contribution is 5.89. The molecule has 0 aliphatic carbocycles. The van der Waals surface area contributed by atoms with E-state index in [-0.39, 0.29) is 5.97 Å². The predicted molar refractivity (Wildman–Crippen MR) is 86.7 cm³/mol. The van der Waals surface area contributed by atoms with Crippen molar-refractivity contribution in [1.29, 1.82) is 0 Å². The molecule has 1 fully saturated rings. The summed E-state index contributed by atoms with van der Waals surface area (Å²) in [6.45, 7) is 1.86. The van der Waals surface area contributed by atoms with E-state index < -0.39 is 5.60 Å². The van der Waals surface area contributed by atoms with Gasteiger partial charge in [0.25, 0.3) is 0 Å². The molecule has 0 unspecified atom stereocenters. The molecule has 2 aromatic carbocycles. The van der Waals surface area contributed by atoms with Crippen LogP contribution in [-0.2, 0) is 10.3 Å². The topological polar surface area (TPSA) is 29.5 Å². The van der Waals surface area contributed by atoms with Gasteiger partial charge in [0.15, 0.2) is 0 Å². The third kappa shape index (κ3) is 3.04. The molecular formula is C19H21NO2. The Morgan fingerprint density at radius 2 is 1.50 bits per heavy atom. The van der Waals surface area contributed by atoms with Crippen LogP contribution >= 0.6 is 0 Å². The minimum atomic E-state index is -0.513. The molecule has 0 atom stereocenters. The second-order valence-electron chi connectivity index (χ2n) is 5.92. The lowest BCUT2D eigenvalue weighted by Gasteiger charge is -2.40. The summed E-state index contributed by atoms with van der Waals surface area (Å²) in [5.74, 6) is -0.242. The lowest BCUT2D eigenvalue weighted by molar-refractivity contribution is -0.0523. The van der Waals surface area contributed by atoms with E-state index in [0.29, 0.717) is 5.56 Å².